The Morgan fingerprint density at radius 3 is 2.66 bits per heavy atom. The number of nitrogens with zero attached hydrogens (tertiary/aromatic N) is 4. The number of aliphatic hydroxyl groups is 4. The van der Waals surface area contributed by atoms with E-state index in [-0.39, 0.29) is 23.6 Å². The number of hydrogen-bond acceptors (Lipinski definition) is 10. The lowest BCUT2D eigenvalue weighted by Crippen LogP contribution is -2.49. The first-order chi connectivity index (χ1) is 13.7. The third-order valence-corrected chi connectivity index (χ3v) is 4.57. The number of amides is 2. The van der Waals surface area contributed by atoms with Crippen molar-refractivity contribution >= 4 is 29.0 Å². The van der Waals surface area contributed by atoms with Crippen molar-refractivity contribution in [3.63, 3.8) is 0 Å². The van der Waals surface area contributed by atoms with Gasteiger partial charge in [0.25, 0.3) is 0 Å². The number of hydrogen-bond donors (Lipinski definition) is 7. The van der Waals surface area contributed by atoms with E-state index in [1.54, 1.807) is 0 Å². The lowest BCUT2D eigenvalue weighted by molar-refractivity contribution is -0.149. The molecule has 0 aromatic carbocycles. The van der Waals surface area contributed by atoms with Crippen LogP contribution in [0.25, 0.3) is 11.2 Å². The number of carboxylic acids is 1. The fourth-order valence-corrected chi connectivity index (χ4v) is 3.01. The predicted molar refractivity (Wildman–Crippen MR) is 93.6 cm³/mol. The van der Waals surface area contributed by atoms with E-state index in [0.717, 1.165) is 6.33 Å². The third kappa shape index (κ3) is 3.58. The number of carbonyl (C=O) groups is 2. The number of rotatable bonds is 6. The zero-order valence-corrected chi connectivity index (χ0v) is 15.1. The van der Waals surface area contributed by atoms with Crippen LogP contribution in [0.15, 0.2) is 12.7 Å². The molecule has 5 atom stereocenters. The summed E-state index contributed by atoms with van der Waals surface area (Å²) in [5.74, 6) is -1.52. The molecule has 2 amide bonds. The monoisotopic (exact) mass is 412 g/mol. The number of urea groups is 1. The van der Waals surface area contributed by atoms with Crippen molar-refractivity contribution in [1.82, 2.24) is 24.8 Å². The molecule has 0 unspecified atom stereocenters. The van der Waals surface area contributed by atoms with Gasteiger partial charge in [-0.3, -0.25) is 9.88 Å². The van der Waals surface area contributed by atoms with E-state index in [9.17, 15) is 30.0 Å². The van der Waals surface area contributed by atoms with E-state index >= 15 is 0 Å². The summed E-state index contributed by atoms with van der Waals surface area (Å²) in [6.45, 7) is 0.286. The molecule has 0 radical (unpaired) electrons. The quantitative estimate of drug-likeness (QED) is 0.257. The second-order valence-corrected chi connectivity index (χ2v) is 6.49. The van der Waals surface area contributed by atoms with E-state index in [2.05, 4.69) is 25.6 Å². The normalized spacial score (nSPS) is 26.2. The van der Waals surface area contributed by atoms with Gasteiger partial charge in [0, 0.05) is 0 Å². The molecule has 3 rings (SSSR count). The van der Waals surface area contributed by atoms with Crippen LogP contribution >= 0.6 is 0 Å². The fourth-order valence-electron chi connectivity index (χ4n) is 3.01. The number of ether oxygens (including phenoxy) is 1. The molecule has 0 spiro atoms. The van der Waals surface area contributed by atoms with Gasteiger partial charge in [0.2, 0.25) is 0 Å². The van der Waals surface area contributed by atoms with Crippen molar-refractivity contribution in [2.75, 3.05) is 18.5 Å². The summed E-state index contributed by atoms with van der Waals surface area (Å²) < 4.78 is 6.63. The lowest BCUT2D eigenvalue weighted by atomic mass is 10.1. The Bertz CT molecular complexity index is 919. The predicted octanol–water partition coefficient (Wildman–Crippen LogP) is -2.82. The van der Waals surface area contributed by atoms with Crippen molar-refractivity contribution in [3.05, 3.63) is 12.7 Å². The molecule has 0 aliphatic carbocycles. The van der Waals surface area contributed by atoms with Crippen LogP contribution in [0.3, 0.4) is 0 Å². The molecule has 2 aromatic rings. The Balaban J connectivity index is 1.91. The highest BCUT2D eigenvalue weighted by molar-refractivity contribution is 5.97. The zero-order valence-electron chi connectivity index (χ0n) is 15.1. The van der Waals surface area contributed by atoms with Gasteiger partial charge in [-0.2, -0.15) is 0 Å². The maximum Gasteiger partial charge on any atom is 0.328 e. The van der Waals surface area contributed by atoms with E-state index in [0.29, 0.717) is 0 Å². The Labute approximate surface area is 162 Å². The average Bonchev–Trinajstić information content (AvgIpc) is 3.23. The van der Waals surface area contributed by atoms with Gasteiger partial charge in [-0.25, -0.2) is 24.5 Å². The molecule has 1 aliphatic heterocycles. The highest BCUT2D eigenvalue weighted by Crippen LogP contribution is 2.34. The van der Waals surface area contributed by atoms with Crippen LogP contribution in [0.5, 0.6) is 0 Å². The number of carbonyl (C=O) groups excluding carboxylic acids is 1. The maximum atomic E-state index is 12.1. The first kappa shape index (κ1) is 20.8. The van der Waals surface area contributed by atoms with Crippen LogP contribution in [-0.4, -0.2) is 94.6 Å². The maximum absolute atomic E-state index is 12.1. The number of aliphatic hydroxyl groups excluding tert-OH is 4. The number of aliphatic carboxylic acids is 1. The van der Waals surface area contributed by atoms with E-state index in [4.69, 9.17) is 9.84 Å². The number of fused-ring (bicyclic) bond motifs is 1. The van der Waals surface area contributed by atoms with Gasteiger partial charge >= 0.3 is 12.0 Å². The minimum absolute atomic E-state index is 0.0524. The van der Waals surface area contributed by atoms with Crippen molar-refractivity contribution in [2.45, 2.75) is 37.0 Å². The van der Waals surface area contributed by atoms with Gasteiger partial charge in [-0.05, 0) is 6.92 Å². The summed E-state index contributed by atoms with van der Waals surface area (Å²) in [6, 6.07) is -2.51. The van der Waals surface area contributed by atoms with Gasteiger partial charge in [-0.15, -0.1) is 0 Å². The molecule has 2 aromatic heterocycles. The minimum atomic E-state index is -1.73. The van der Waals surface area contributed by atoms with Crippen LogP contribution in [0.2, 0.25) is 0 Å². The third-order valence-electron chi connectivity index (χ3n) is 4.57. The molecule has 1 fully saturated rings. The highest BCUT2D eigenvalue weighted by Gasteiger charge is 2.51. The average molecular weight is 412 g/mol. The van der Waals surface area contributed by atoms with Crippen LogP contribution in [0.4, 0.5) is 10.6 Å². The summed E-state index contributed by atoms with van der Waals surface area (Å²) in [5.41, 5.74) is -1.61. The van der Waals surface area contributed by atoms with Gasteiger partial charge in [0.1, 0.15) is 18.5 Å². The van der Waals surface area contributed by atoms with Crippen molar-refractivity contribution in [2.24, 2.45) is 0 Å². The standard InChI is InChI=1S/C15H20N6O8/c1-6(23)8(13(26)27)19-14(28)20-11-9-12(17-4-16-11)21(5-18-9)15(3-22)10(25)7(24)2-29-15/h4-8,10,22-25H,2-3H2,1H3,(H,26,27)(H2,16,17,19,20,28)/t6-,7+,8+,10+,15+/m1/s1. The Kier molecular flexibility index (Phi) is 5.63. The lowest BCUT2D eigenvalue weighted by Gasteiger charge is -2.31. The molecule has 3 heterocycles. The topological polar surface area (TPSA) is 212 Å². The molecule has 158 valence electrons. The van der Waals surface area contributed by atoms with Crippen LogP contribution < -0.4 is 10.6 Å². The van der Waals surface area contributed by atoms with Gasteiger partial charge in [-0.1, -0.05) is 0 Å². The van der Waals surface area contributed by atoms with Crippen LogP contribution in [0.1, 0.15) is 6.92 Å². The first-order valence-corrected chi connectivity index (χ1v) is 8.49. The number of aromatic nitrogens is 4. The largest absolute Gasteiger partial charge is 0.480 e. The van der Waals surface area contributed by atoms with E-state index < -0.39 is 48.7 Å². The molecule has 1 saturated heterocycles. The molecule has 0 bridgehead atoms. The second kappa shape index (κ2) is 7.84. The molecule has 1 aliphatic rings. The molecule has 29 heavy (non-hydrogen) atoms. The van der Waals surface area contributed by atoms with Crippen molar-refractivity contribution in [1.29, 1.82) is 0 Å². The summed E-state index contributed by atoms with van der Waals surface area (Å²) in [7, 11) is 0. The number of carboxylic acid groups (broad SMARTS) is 1. The van der Waals surface area contributed by atoms with E-state index in [1.165, 1.54) is 17.8 Å². The van der Waals surface area contributed by atoms with Crippen LogP contribution in [-0.2, 0) is 15.3 Å². The summed E-state index contributed by atoms with van der Waals surface area (Å²) in [5, 5.41) is 52.8. The first-order valence-electron chi connectivity index (χ1n) is 8.49. The number of imidazole rings is 1. The smallest absolute Gasteiger partial charge is 0.328 e. The van der Waals surface area contributed by atoms with Gasteiger partial charge in [0.15, 0.2) is 28.7 Å². The number of nitrogens with one attached hydrogen (secondary N) is 2. The minimum Gasteiger partial charge on any atom is -0.480 e. The Morgan fingerprint density at radius 2 is 2.10 bits per heavy atom. The summed E-state index contributed by atoms with van der Waals surface area (Å²) in [4.78, 5) is 35.2. The second-order valence-electron chi connectivity index (χ2n) is 6.49. The molecule has 7 N–H and O–H groups in total. The zero-order chi connectivity index (χ0) is 21.3. The van der Waals surface area contributed by atoms with Gasteiger partial charge < -0.3 is 35.6 Å². The fraction of sp³-hybridized carbons (Fsp3) is 0.533. The van der Waals surface area contributed by atoms with Crippen molar-refractivity contribution < 1.29 is 39.9 Å². The van der Waals surface area contributed by atoms with E-state index in [1.807, 2.05) is 0 Å². The summed E-state index contributed by atoms with van der Waals surface area (Å²) in [6.07, 6.45) is -1.79. The van der Waals surface area contributed by atoms with Crippen molar-refractivity contribution in [3.8, 4) is 0 Å². The molecular formula is C15H20N6O8. The number of anilines is 1. The molecule has 14 heteroatoms. The van der Waals surface area contributed by atoms with Gasteiger partial charge in [0.05, 0.1) is 25.6 Å². The SMILES string of the molecule is C[C@@H](O)[C@H](NC(=O)Nc1ncnc2c1ncn2[C@@]1(CO)OC[C@H](O)[C@@H]1O)C(=O)O. The molecule has 0 saturated carbocycles. The Morgan fingerprint density at radius 1 is 1.38 bits per heavy atom. The Hall–Kier alpha value is -2.91. The highest BCUT2D eigenvalue weighted by atomic mass is 16.6. The molecular weight excluding hydrogens is 392 g/mol. The summed E-state index contributed by atoms with van der Waals surface area (Å²) >= 11 is 0. The van der Waals surface area contributed by atoms with Crippen LogP contribution in [0, 0.1) is 0 Å². The molecule has 14 nitrogen and oxygen atoms in total.